The lowest BCUT2D eigenvalue weighted by molar-refractivity contribution is -0.135. The van der Waals surface area contributed by atoms with Crippen LogP contribution in [0.1, 0.15) is 12.0 Å². The van der Waals surface area contributed by atoms with Crippen molar-refractivity contribution in [2.45, 2.75) is 19.1 Å². The zero-order chi connectivity index (χ0) is 15.9. The van der Waals surface area contributed by atoms with Gasteiger partial charge in [0.05, 0.1) is 13.2 Å². The van der Waals surface area contributed by atoms with Crippen molar-refractivity contribution in [2.24, 2.45) is 0 Å². The topological polar surface area (TPSA) is 51.7 Å². The van der Waals surface area contributed by atoms with Gasteiger partial charge in [-0.3, -0.25) is 4.79 Å². The van der Waals surface area contributed by atoms with Crippen molar-refractivity contribution in [3.05, 3.63) is 60.3 Å². The molecule has 1 amide bonds. The van der Waals surface area contributed by atoms with Crippen molar-refractivity contribution in [3.8, 4) is 5.88 Å². The predicted octanol–water partition coefficient (Wildman–Crippen LogP) is 2.28. The van der Waals surface area contributed by atoms with Gasteiger partial charge in [0.25, 0.3) is 0 Å². The molecule has 1 saturated heterocycles. The van der Waals surface area contributed by atoms with Crippen LogP contribution < -0.4 is 4.74 Å². The molecule has 5 nitrogen and oxygen atoms in total. The van der Waals surface area contributed by atoms with Crippen LogP contribution in [0.4, 0.5) is 0 Å². The predicted molar refractivity (Wildman–Crippen MR) is 85.9 cm³/mol. The molecule has 0 radical (unpaired) electrons. The zero-order valence-corrected chi connectivity index (χ0v) is 12.9. The molecule has 0 bridgehead atoms. The summed E-state index contributed by atoms with van der Waals surface area (Å²) in [5, 5.41) is 0. The highest BCUT2D eigenvalue weighted by Crippen LogP contribution is 2.16. The zero-order valence-electron chi connectivity index (χ0n) is 12.9. The van der Waals surface area contributed by atoms with E-state index in [1.54, 1.807) is 11.1 Å². The monoisotopic (exact) mass is 312 g/mol. The molecule has 5 heteroatoms. The number of amides is 1. The summed E-state index contributed by atoms with van der Waals surface area (Å²) >= 11 is 0. The Labute approximate surface area is 135 Å². The van der Waals surface area contributed by atoms with Gasteiger partial charge in [0, 0.05) is 25.2 Å². The number of aromatic nitrogens is 1. The van der Waals surface area contributed by atoms with E-state index in [0.29, 0.717) is 25.6 Å². The molecule has 1 unspecified atom stereocenters. The van der Waals surface area contributed by atoms with Gasteiger partial charge in [-0.25, -0.2) is 4.98 Å². The maximum Gasteiger partial charge on any atom is 0.248 e. The van der Waals surface area contributed by atoms with E-state index in [-0.39, 0.29) is 18.6 Å². The molecule has 1 aliphatic heterocycles. The average Bonchev–Trinajstić information content (AvgIpc) is 3.05. The van der Waals surface area contributed by atoms with Crippen molar-refractivity contribution in [1.29, 1.82) is 0 Å². The molecule has 1 aromatic heterocycles. The fourth-order valence-electron chi connectivity index (χ4n) is 2.56. The molecule has 2 heterocycles. The third kappa shape index (κ3) is 4.53. The number of carbonyl (C=O) groups excluding carboxylic acids is 1. The molecule has 0 N–H and O–H groups in total. The van der Waals surface area contributed by atoms with E-state index in [1.165, 1.54) is 0 Å². The molecule has 3 rings (SSSR count). The Kier molecular flexibility index (Phi) is 5.21. The lowest BCUT2D eigenvalue weighted by Gasteiger charge is -2.17. The summed E-state index contributed by atoms with van der Waals surface area (Å²) < 4.78 is 11.3. The molecule has 1 aliphatic rings. The van der Waals surface area contributed by atoms with Gasteiger partial charge in [0.1, 0.15) is 12.7 Å². The Hall–Kier alpha value is -2.40. The van der Waals surface area contributed by atoms with E-state index in [0.717, 1.165) is 12.0 Å². The van der Waals surface area contributed by atoms with Crippen molar-refractivity contribution >= 4 is 5.91 Å². The number of rotatable bonds is 6. The number of hydrogen-bond donors (Lipinski definition) is 0. The van der Waals surface area contributed by atoms with Crippen LogP contribution in [-0.4, -0.2) is 41.6 Å². The first-order chi connectivity index (χ1) is 11.3. The summed E-state index contributed by atoms with van der Waals surface area (Å²) in [5.41, 5.74) is 1.07. The van der Waals surface area contributed by atoms with Crippen LogP contribution >= 0.6 is 0 Å². The van der Waals surface area contributed by atoms with Crippen molar-refractivity contribution in [1.82, 2.24) is 9.88 Å². The summed E-state index contributed by atoms with van der Waals surface area (Å²) in [6.07, 6.45) is 2.52. The number of carbonyl (C=O) groups is 1. The van der Waals surface area contributed by atoms with E-state index >= 15 is 0 Å². The van der Waals surface area contributed by atoms with Crippen LogP contribution in [0.3, 0.4) is 0 Å². The van der Waals surface area contributed by atoms with Gasteiger partial charge < -0.3 is 14.4 Å². The molecule has 0 saturated carbocycles. The van der Waals surface area contributed by atoms with Gasteiger partial charge >= 0.3 is 0 Å². The van der Waals surface area contributed by atoms with Gasteiger partial charge in [-0.15, -0.1) is 0 Å². The molecule has 0 aliphatic carbocycles. The van der Waals surface area contributed by atoms with Crippen LogP contribution in [0.15, 0.2) is 54.7 Å². The number of ether oxygens (including phenoxy) is 2. The van der Waals surface area contributed by atoms with Crippen LogP contribution in [-0.2, 0) is 16.1 Å². The SMILES string of the molecule is O=C(COCc1ccccc1)N1CCC(Oc2ccccn2)C1. The van der Waals surface area contributed by atoms with Gasteiger partial charge in [-0.05, 0) is 11.6 Å². The lowest BCUT2D eigenvalue weighted by Crippen LogP contribution is -2.33. The van der Waals surface area contributed by atoms with Crippen molar-refractivity contribution in [3.63, 3.8) is 0 Å². The molecule has 1 aromatic carbocycles. The van der Waals surface area contributed by atoms with Gasteiger partial charge in [0.15, 0.2) is 0 Å². The standard InChI is InChI=1S/C18H20N2O3/c21-18(14-22-13-15-6-2-1-3-7-15)20-11-9-16(12-20)23-17-8-4-5-10-19-17/h1-8,10,16H,9,11-14H2. The Balaban J connectivity index is 1.41. The Morgan fingerprint density at radius 3 is 2.78 bits per heavy atom. The number of hydrogen-bond acceptors (Lipinski definition) is 4. The first kappa shape index (κ1) is 15.5. The third-order valence-electron chi connectivity index (χ3n) is 3.76. The van der Waals surface area contributed by atoms with Crippen molar-refractivity contribution < 1.29 is 14.3 Å². The number of benzene rings is 1. The first-order valence-corrected chi connectivity index (χ1v) is 7.78. The molecule has 0 spiro atoms. The summed E-state index contributed by atoms with van der Waals surface area (Å²) in [6, 6.07) is 15.4. The number of nitrogens with zero attached hydrogens (tertiary/aromatic N) is 2. The molecule has 1 atom stereocenters. The Morgan fingerprint density at radius 2 is 2.00 bits per heavy atom. The van der Waals surface area contributed by atoms with Crippen LogP contribution in [0.25, 0.3) is 0 Å². The van der Waals surface area contributed by atoms with Gasteiger partial charge in [0.2, 0.25) is 11.8 Å². The summed E-state index contributed by atoms with van der Waals surface area (Å²) in [7, 11) is 0. The Bertz CT molecular complexity index is 619. The number of likely N-dealkylation sites (tertiary alicyclic amines) is 1. The smallest absolute Gasteiger partial charge is 0.248 e. The van der Waals surface area contributed by atoms with E-state index < -0.39 is 0 Å². The van der Waals surface area contributed by atoms with E-state index in [2.05, 4.69) is 4.98 Å². The second kappa shape index (κ2) is 7.74. The normalized spacial score (nSPS) is 17.2. The molecule has 23 heavy (non-hydrogen) atoms. The third-order valence-corrected chi connectivity index (χ3v) is 3.76. The summed E-state index contributed by atoms with van der Waals surface area (Å²) in [6.45, 7) is 1.84. The minimum Gasteiger partial charge on any atom is -0.472 e. The van der Waals surface area contributed by atoms with Gasteiger partial charge in [-0.2, -0.15) is 0 Å². The largest absolute Gasteiger partial charge is 0.472 e. The number of pyridine rings is 1. The Morgan fingerprint density at radius 1 is 1.17 bits per heavy atom. The van der Waals surface area contributed by atoms with E-state index in [9.17, 15) is 4.79 Å². The van der Waals surface area contributed by atoms with Gasteiger partial charge in [-0.1, -0.05) is 36.4 Å². The van der Waals surface area contributed by atoms with E-state index in [1.807, 2.05) is 48.5 Å². The quantitative estimate of drug-likeness (QED) is 0.821. The van der Waals surface area contributed by atoms with E-state index in [4.69, 9.17) is 9.47 Å². The highest BCUT2D eigenvalue weighted by Gasteiger charge is 2.27. The van der Waals surface area contributed by atoms with Crippen LogP contribution in [0.2, 0.25) is 0 Å². The summed E-state index contributed by atoms with van der Waals surface area (Å²) in [5.74, 6) is 0.611. The lowest BCUT2D eigenvalue weighted by atomic mass is 10.2. The van der Waals surface area contributed by atoms with Crippen LogP contribution in [0, 0.1) is 0 Å². The first-order valence-electron chi connectivity index (χ1n) is 7.78. The summed E-state index contributed by atoms with van der Waals surface area (Å²) in [4.78, 5) is 18.1. The highest BCUT2D eigenvalue weighted by molar-refractivity contribution is 5.77. The highest BCUT2D eigenvalue weighted by atomic mass is 16.5. The fraction of sp³-hybridized carbons (Fsp3) is 0.333. The maximum atomic E-state index is 12.2. The second-order valence-corrected chi connectivity index (χ2v) is 5.51. The molecule has 120 valence electrons. The molecular weight excluding hydrogens is 292 g/mol. The molecular formula is C18H20N2O3. The minimum atomic E-state index is 0.00275. The van der Waals surface area contributed by atoms with Crippen LogP contribution in [0.5, 0.6) is 5.88 Å². The molecule has 1 fully saturated rings. The second-order valence-electron chi connectivity index (χ2n) is 5.51. The average molecular weight is 312 g/mol. The van der Waals surface area contributed by atoms with Crippen molar-refractivity contribution in [2.75, 3.05) is 19.7 Å². The maximum absolute atomic E-state index is 12.2. The minimum absolute atomic E-state index is 0.00275. The fourth-order valence-corrected chi connectivity index (χ4v) is 2.56. The molecule has 2 aromatic rings.